The van der Waals surface area contributed by atoms with E-state index in [0.29, 0.717) is 22.9 Å². The minimum atomic E-state index is -2.69. The molecule has 24 heavy (non-hydrogen) atoms. The summed E-state index contributed by atoms with van der Waals surface area (Å²) < 4.78 is 27.0. The lowest BCUT2D eigenvalue weighted by molar-refractivity contribution is 0.137. The smallest absolute Gasteiger partial charge is 0.299 e. The summed E-state index contributed by atoms with van der Waals surface area (Å²) in [4.78, 5) is 0. The molecule has 0 saturated heterocycles. The van der Waals surface area contributed by atoms with Crippen LogP contribution in [0.3, 0.4) is 0 Å². The Labute approximate surface area is 140 Å². The Hall–Kier alpha value is -1.79. The molecule has 1 aliphatic rings. The van der Waals surface area contributed by atoms with Gasteiger partial charge >= 0.3 is 0 Å². The van der Waals surface area contributed by atoms with Gasteiger partial charge in [-0.05, 0) is 49.1 Å². The van der Waals surface area contributed by atoms with Gasteiger partial charge in [-0.25, -0.2) is 8.78 Å². The molecule has 0 aromatic carbocycles. The first-order valence-corrected chi connectivity index (χ1v) is 8.61. The van der Waals surface area contributed by atoms with Crippen LogP contribution in [0.2, 0.25) is 0 Å². The Morgan fingerprint density at radius 3 is 2.62 bits per heavy atom. The van der Waals surface area contributed by atoms with Gasteiger partial charge in [0, 0.05) is 6.04 Å². The van der Waals surface area contributed by atoms with Crippen molar-refractivity contribution in [3.8, 4) is 0 Å². The first kappa shape index (κ1) is 17.0. The molecular weight excluding hydrogens is 312 g/mol. The van der Waals surface area contributed by atoms with Crippen molar-refractivity contribution in [1.29, 1.82) is 0 Å². The third-order valence-electron chi connectivity index (χ3n) is 5.03. The van der Waals surface area contributed by atoms with Crippen LogP contribution in [-0.2, 0) is 0 Å². The summed E-state index contributed by atoms with van der Waals surface area (Å²) in [5, 5.41) is 14.9. The number of nitrogens with one attached hydrogen (secondary N) is 1. The normalized spacial score (nSPS) is 22.8. The highest BCUT2D eigenvalue weighted by molar-refractivity contribution is 5.44. The fourth-order valence-electron chi connectivity index (χ4n) is 3.54. The van der Waals surface area contributed by atoms with Gasteiger partial charge in [0.25, 0.3) is 6.43 Å². The molecule has 5 nitrogen and oxygen atoms in total. The van der Waals surface area contributed by atoms with Crippen molar-refractivity contribution in [2.24, 2.45) is 11.3 Å². The van der Waals surface area contributed by atoms with E-state index in [1.165, 1.54) is 19.3 Å². The van der Waals surface area contributed by atoms with E-state index in [-0.39, 0.29) is 0 Å². The zero-order valence-electron chi connectivity index (χ0n) is 14.5. The number of hydrogen-bond donors (Lipinski definition) is 1. The van der Waals surface area contributed by atoms with Gasteiger partial charge in [0.2, 0.25) is 5.82 Å². The molecule has 2 heterocycles. The van der Waals surface area contributed by atoms with Crippen LogP contribution in [0.4, 0.5) is 14.6 Å². The molecule has 2 aromatic rings. The lowest BCUT2D eigenvalue weighted by Crippen LogP contribution is -2.22. The molecule has 0 amide bonds. The van der Waals surface area contributed by atoms with E-state index in [4.69, 9.17) is 0 Å². The summed E-state index contributed by atoms with van der Waals surface area (Å²) in [5.41, 5.74) is 0.672. The fraction of sp³-hybridized carbons (Fsp3) is 0.706. The summed E-state index contributed by atoms with van der Waals surface area (Å²) in [6.45, 7) is 6.91. The van der Waals surface area contributed by atoms with Crippen LogP contribution >= 0.6 is 0 Å². The molecule has 0 bridgehead atoms. The first-order valence-electron chi connectivity index (χ1n) is 8.61. The van der Waals surface area contributed by atoms with Crippen LogP contribution in [0.5, 0.6) is 0 Å². The fourth-order valence-corrected chi connectivity index (χ4v) is 3.54. The zero-order valence-corrected chi connectivity index (χ0v) is 14.5. The zero-order chi connectivity index (χ0) is 17.3. The van der Waals surface area contributed by atoms with Gasteiger partial charge in [0.15, 0.2) is 5.65 Å². The lowest BCUT2D eigenvalue weighted by Gasteiger charge is -2.29. The Kier molecular flexibility index (Phi) is 4.69. The summed E-state index contributed by atoms with van der Waals surface area (Å²) >= 11 is 0. The molecular formula is C17H25F2N5. The molecule has 3 rings (SSSR count). The maximum absolute atomic E-state index is 12.9. The minimum Gasteiger partial charge on any atom is -0.366 e. The van der Waals surface area contributed by atoms with E-state index < -0.39 is 12.2 Å². The molecule has 2 aromatic heterocycles. The Bertz CT molecular complexity index is 692. The van der Waals surface area contributed by atoms with E-state index in [0.717, 1.165) is 23.3 Å². The second-order valence-electron chi connectivity index (χ2n) is 7.76. The quantitative estimate of drug-likeness (QED) is 0.840. The highest BCUT2D eigenvalue weighted by Crippen LogP contribution is 2.37. The molecule has 1 N–H and O–H groups in total. The summed E-state index contributed by atoms with van der Waals surface area (Å²) in [6.07, 6.45) is 3.07. The Morgan fingerprint density at radius 1 is 1.12 bits per heavy atom. The van der Waals surface area contributed by atoms with E-state index in [1.54, 1.807) is 12.1 Å². The maximum Gasteiger partial charge on any atom is 0.299 e. The van der Waals surface area contributed by atoms with Crippen molar-refractivity contribution in [2.45, 2.75) is 65.3 Å². The number of halogens is 2. The number of hydrogen-bond acceptors (Lipinski definition) is 4. The van der Waals surface area contributed by atoms with Gasteiger partial charge in [0.1, 0.15) is 5.82 Å². The second-order valence-corrected chi connectivity index (χ2v) is 7.76. The second kappa shape index (κ2) is 6.61. The van der Waals surface area contributed by atoms with Gasteiger partial charge in [0.05, 0.1) is 0 Å². The van der Waals surface area contributed by atoms with E-state index in [2.05, 4.69) is 41.4 Å². The molecule has 1 fully saturated rings. The van der Waals surface area contributed by atoms with E-state index in [9.17, 15) is 8.78 Å². The molecule has 132 valence electrons. The predicted octanol–water partition coefficient (Wildman–Crippen LogP) is 4.47. The first-order chi connectivity index (χ1) is 11.3. The Morgan fingerprint density at radius 2 is 1.92 bits per heavy atom. The number of nitrogens with zero attached hydrogens (tertiary/aromatic N) is 4. The molecule has 1 aliphatic carbocycles. The van der Waals surface area contributed by atoms with Crippen molar-refractivity contribution < 1.29 is 8.78 Å². The topological polar surface area (TPSA) is 55.1 Å². The highest BCUT2D eigenvalue weighted by Gasteiger charge is 2.28. The third kappa shape index (κ3) is 3.65. The molecule has 2 atom stereocenters. The van der Waals surface area contributed by atoms with Crippen LogP contribution in [0.15, 0.2) is 12.1 Å². The highest BCUT2D eigenvalue weighted by atomic mass is 19.3. The van der Waals surface area contributed by atoms with Crippen LogP contribution in [-0.4, -0.2) is 25.9 Å². The molecule has 1 saturated carbocycles. The summed E-state index contributed by atoms with van der Waals surface area (Å²) in [6, 6.07) is 3.78. The van der Waals surface area contributed by atoms with Gasteiger partial charge < -0.3 is 5.32 Å². The van der Waals surface area contributed by atoms with Crippen molar-refractivity contribution in [3.63, 3.8) is 0 Å². The van der Waals surface area contributed by atoms with Gasteiger partial charge in [-0.1, -0.05) is 27.2 Å². The molecule has 2 unspecified atom stereocenters. The van der Waals surface area contributed by atoms with Crippen LogP contribution in [0.1, 0.15) is 65.1 Å². The average Bonchev–Trinajstić information content (AvgIpc) is 2.77. The summed E-state index contributed by atoms with van der Waals surface area (Å²) in [7, 11) is 0. The minimum absolute atomic E-state index is 0.328. The molecule has 0 spiro atoms. The van der Waals surface area contributed by atoms with Crippen molar-refractivity contribution >= 4 is 11.5 Å². The number of anilines is 1. The third-order valence-corrected chi connectivity index (χ3v) is 5.03. The predicted molar refractivity (Wildman–Crippen MR) is 89.2 cm³/mol. The number of aromatic nitrogens is 4. The lowest BCUT2D eigenvalue weighted by atomic mass is 9.76. The SMILES string of the molecule is CC(C)(C)C1CCCC(Nc2ccc3nnc(C(F)F)n3n2)CC1. The van der Waals surface area contributed by atoms with Gasteiger partial charge in [-0.2, -0.15) is 4.52 Å². The van der Waals surface area contributed by atoms with E-state index in [1.807, 2.05) is 0 Å². The van der Waals surface area contributed by atoms with Crippen LogP contribution in [0, 0.1) is 11.3 Å². The maximum atomic E-state index is 12.9. The molecule has 0 radical (unpaired) electrons. The number of alkyl halides is 2. The van der Waals surface area contributed by atoms with Crippen molar-refractivity contribution in [3.05, 3.63) is 18.0 Å². The number of fused-ring (bicyclic) bond motifs is 1. The molecule has 7 heteroatoms. The monoisotopic (exact) mass is 337 g/mol. The summed E-state index contributed by atoms with van der Waals surface area (Å²) in [5.74, 6) is 0.911. The standard InChI is InChI=1S/C17H25F2N5/c1-17(2,3)11-5-4-6-12(8-7-11)20-13-9-10-14-21-22-16(15(18)19)24(14)23-13/h9-12,15H,4-8H2,1-3H3,(H,20,23). The Balaban J connectivity index is 1.72. The van der Waals surface area contributed by atoms with Crippen molar-refractivity contribution in [1.82, 2.24) is 19.8 Å². The largest absolute Gasteiger partial charge is 0.366 e. The van der Waals surface area contributed by atoms with Gasteiger partial charge in [-0.3, -0.25) is 0 Å². The van der Waals surface area contributed by atoms with Gasteiger partial charge in [-0.15, -0.1) is 15.3 Å². The van der Waals surface area contributed by atoms with E-state index >= 15 is 0 Å². The molecule has 0 aliphatic heterocycles. The average molecular weight is 337 g/mol. The van der Waals surface area contributed by atoms with Crippen LogP contribution in [0.25, 0.3) is 5.65 Å². The van der Waals surface area contributed by atoms with Crippen LogP contribution < -0.4 is 5.32 Å². The van der Waals surface area contributed by atoms with Crippen molar-refractivity contribution in [2.75, 3.05) is 5.32 Å². The number of rotatable bonds is 3.